The summed E-state index contributed by atoms with van der Waals surface area (Å²) in [7, 11) is 0. The van der Waals surface area contributed by atoms with Crippen LogP contribution < -0.4 is 20.3 Å². The molecule has 1 aromatic rings. The standard InChI is InChI=1S/C25H38N4O4/c1-2-27-24(30)15-19-7-8-29-18-20(19)4-3-11-33-23-6-5-22(28-9-12-32-13-10-28)14-21(23)16-26-17-25(29)31/h5-6,14,19-20,26H,2-4,7-13,15-18H2,1H3,(H,27,30)/t19-,20-/m0/s1. The number of hydrogen-bond donors (Lipinski definition) is 2. The van der Waals surface area contributed by atoms with E-state index in [9.17, 15) is 9.59 Å². The van der Waals surface area contributed by atoms with Crippen LogP contribution in [-0.4, -0.2) is 75.8 Å². The van der Waals surface area contributed by atoms with E-state index < -0.39 is 0 Å². The first kappa shape index (κ1) is 23.8. The second-order valence-corrected chi connectivity index (χ2v) is 9.29. The first-order valence-corrected chi connectivity index (χ1v) is 12.5. The van der Waals surface area contributed by atoms with Crippen molar-refractivity contribution in [3.8, 4) is 5.75 Å². The average Bonchev–Trinajstić information content (AvgIpc) is 2.84. The summed E-state index contributed by atoms with van der Waals surface area (Å²) >= 11 is 0. The summed E-state index contributed by atoms with van der Waals surface area (Å²) in [4.78, 5) is 29.4. The Morgan fingerprint density at radius 2 is 1.97 bits per heavy atom. The molecule has 0 unspecified atom stereocenters. The fourth-order valence-corrected chi connectivity index (χ4v) is 5.22. The lowest BCUT2D eigenvalue weighted by molar-refractivity contribution is -0.133. The number of anilines is 1. The molecule has 3 heterocycles. The number of amides is 2. The number of nitrogens with one attached hydrogen (secondary N) is 2. The normalized spacial score (nSPS) is 24.6. The van der Waals surface area contributed by atoms with Gasteiger partial charge in [-0.2, -0.15) is 0 Å². The Balaban J connectivity index is 1.44. The van der Waals surface area contributed by atoms with Gasteiger partial charge < -0.3 is 29.9 Å². The molecule has 0 saturated carbocycles. The van der Waals surface area contributed by atoms with Crippen LogP contribution in [-0.2, 0) is 20.9 Å². The summed E-state index contributed by atoms with van der Waals surface area (Å²) in [6, 6.07) is 6.36. The minimum absolute atomic E-state index is 0.119. The summed E-state index contributed by atoms with van der Waals surface area (Å²) in [5, 5.41) is 6.27. The lowest BCUT2D eigenvalue weighted by Crippen LogP contribution is -2.47. The fraction of sp³-hybridized carbons (Fsp3) is 0.680. The summed E-state index contributed by atoms with van der Waals surface area (Å²) < 4.78 is 11.7. The summed E-state index contributed by atoms with van der Waals surface area (Å²) in [5.41, 5.74) is 2.25. The Morgan fingerprint density at radius 1 is 1.12 bits per heavy atom. The number of benzene rings is 1. The van der Waals surface area contributed by atoms with Crippen LogP contribution in [0.5, 0.6) is 5.75 Å². The Morgan fingerprint density at radius 3 is 2.79 bits per heavy atom. The highest BCUT2D eigenvalue weighted by Crippen LogP contribution is 2.31. The summed E-state index contributed by atoms with van der Waals surface area (Å²) in [6.45, 7) is 8.90. The monoisotopic (exact) mass is 458 g/mol. The van der Waals surface area contributed by atoms with Crippen LogP contribution in [0.15, 0.2) is 18.2 Å². The van der Waals surface area contributed by atoms with Gasteiger partial charge in [0.05, 0.1) is 26.4 Å². The zero-order chi connectivity index (χ0) is 23.0. The number of rotatable bonds is 4. The third-order valence-electron chi connectivity index (χ3n) is 7.05. The molecular weight excluding hydrogens is 420 g/mol. The minimum Gasteiger partial charge on any atom is -0.493 e. The van der Waals surface area contributed by atoms with Gasteiger partial charge in [-0.25, -0.2) is 0 Å². The molecule has 33 heavy (non-hydrogen) atoms. The molecule has 0 aliphatic carbocycles. The summed E-state index contributed by atoms with van der Waals surface area (Å²) in [5.74, 6) is 1.80. The van der Waals surface area contributed by atoms with Gasteiger partial charge in [0.2, 0.25) is 11.8 Å². The van der Waals surface area contributed by atoms with Crippen LogP contribution in [0, 0.1) is 11.8 Å². The highest BCUT2D eigenvalue weighted by molar-refractivity contribution is 5.78. The largest absolute Gasteiger partial charge is 0.493 e. The van der Waals surface area contributed by atoms with Gasteiger partial charge in [-0.1, -0.05) is 0 Å². The zero-order valence-corrected chi connectivity index (χ0v) is 19.8. The number of morpholine rings is 1. The molecule has 4 rings (SSSR count). The molecule has 2 amide bonds. The third-order valence-corrected chi connectivity index (χ3v) is 7.05. The Kier molecular flexibility index (Phi) is 8.45. The highest BCUT2D eigenvalue weighted by atomic mass is 16.5. The molecule has 2 bridgehead atoms. The average molecular weight is 459 g/mol. The molecule has 2 fully saturated rings. The lowest BCUT2D eigenvalue weighted by Gasteiger charge is -2.38. The van der Waals surface area contributed by atoms with E-state index in [1.807, 2.05) is 11.8 Å². The van der Waals surface area contributed by atoms with E-state index in [1.54, 1.807) is 0 Å². The van der Waals surface area contributed by atoms with Crippen LogP contribution in [0.2, 0.25) is 0 Å². The maximum absolute atomic E-state index is 12.9. The van der Waals surface area contributed by atoms with Crippen LogP contribution >= 0.6 is 0 Å². The molecule has 3 aliphatic heterocycles. The first-order valence-electron chi connectivity index (χ1n) is 12.5. The van der Waals surface area contributed by atoms with E-state index in [0.29, 0.717) is 44.5 Å². The number of hydrogen-bond acceptors (Lipinski definition) is 6. The van der Waals surface area contributed by atoms with E-state index in [0.717, 1.165) is 70.0 Å². The van der Waals surface area contributed by atoms with Crippen molar-refractivity contribution in [2.75, 3.05) is 64.0 Å². The topological polar surface area (TPSA) is 83.1 Å². The van der Waals surface area contributed by atoms with Gasteiger partial charge >= 0.3 is 0 Å². The lowest BCUT2D eigenvalue weighted by atomic mass is 9.80. The molecule has 2 atom stereocenters. The first-order chi connectivity index (χ1) is 16.1. The van der Waals surface area contributed by atoms with Crippen molar-refractivity contribution in [3.63, 3.8) is 0 Å². The molecule has 2 saturated heterocycles. The van der Waals surface area contributed by atoms with Gasteiger partial charge in [0, 0.05) is 56.9 Å². The second-order valence-electron chi connectivity index (χ2n) is 9.29. The maximum atomic E-state index is 12.9. The number of nitrogens with zero attached hydrogens (tertiary/aromatic N) is 2. The molecule has 1 aromatic carbocycles. The zero-order valence-electron chi connectivity index (χ0n) is 19.8. The van der Waals surface area contributed by atoms with Crippen molar-refractivity contribution in [2.45, 2.75) is 39.2 Å². The number of piperidine rings is 1. The van der Waals surface area contributed by atoms with E-state index in [1.165, 1.54) is 5.69 Å². The Hall–Kier alpha value is -2.32. The highest BCUT2D eigenvalue weighted by Gasteiger charge is 2.32. The van der Waals surface area contributed by atoms with Crippen LogP contribution in [0.25, 0.3) is 0 Å². The number of fused-ring (bicyclic) bond motifs is 3. The van der Waals surface area contributed by atoms with Crippen LogP contribution in [0.3, 0.4) is 0 Å². The van der Waals surface area contributed by atoms with Gasteiger partial charge in [-0.3, -0.25) is 9.59 Å². The summed E-state index contributed by atoms with van der Waals surface area (Å²) in [6.07, 6.45) is 3.31. The van der Waals surface area contributed by atoms with E-state index in [4.69, 9.17) is 9.47 Å². The van der Waals surface area contributed by atoms with Crippen molar-refractivity contribution in [1.82, 2.24) is 15.5 Å². The van der Waals surface area contributed by atoms with Gasteiger partial charge in [0.15, 0.2) is 0 Å². The third kappa shape index (κ3) is 6.38. The van der Waals surface area contributed by atoms with Crippen LogP contribution in [0.4, 0.5) is 5.69 Å². The minimum atomic E-state index is 0.119. The van der Waals surface area contributed by atoms with Crippen molar-refractivity contribution in [1.29, 1.82) is 0 Å². The van der Waals surface area contributed by atoms with Crippen molar-refractivity contribution >= 4 is 17.5 Å². The van der Waals surface area contributed by atoms with E-state index in [-0.39, 0.29) is 11.8 Å². The fourth-order valence-electron chi connectivity index (χ4n) is 5.22. The van der Waals surface area contributed by atoms with E-state index in [2.05, 4.69) is 33.7 Å². The van der Waals surface area contributed by atoms with E-state index >= 15 is 0 Å². The van der Waals surface area contributed by atoms with Crippen molar-refractivity contribution < 1.29 is 19.1 Å². The molecular formula is C25H38N4O4. The molecule has 3 aliphatic rings. The molecule has 2 N–H and O–H groups in total. The smallest absolute Gasteiger partial charge is 0.236 e. The number of ether oxygens (including phenoxy) is 2. The maximum Gasteiger partial charge on any atom is 0.236 e. The molecule has 8 heteroatoms. The SMILES string of the molecule is CCNC(=O)C[C@@H]1CCN2C[C@@H]1CCCOc1ccc(N3CCOCC3)cc1CNCC2=O. The second kappa shape index (κ2) is 11.7. The van der Waals surface area contributed by atoms with Crippen molar-refractivity contribution in [3.05, 3.63) is 23.8 Å². The quantitative estimate of drug-likeness (QED) is 0.716. The Labute approximate surface area is 197 Å². The van der Waals surface area contributed by atoms with Crippen LogP contribution in [0.1, 0.15) is 38.2 Å². The van der Waals surface area contributed by atoms with Gasteiger partial charge in [0.25, 0.3) is 0 Å². The predicted molar refractivity (Wildman–Crippen MR) is 127 cm³/mol. The Bertz CT molecular complexity index is 812. The van der Waals surface area contributed by atoms with Gasteiger partial charge in [-0.05, 0) is 56.2 Å². The molecule has 182 valence electrons. The van der Waals surface area contributed by atoms with Gasteiger partial charge in [-0.15, -0.1) is 0 Å². The molecule has 0 radical (unpaired) electrons. The predicted octanol–water partition coefficient (Wildman–Crippen LogP) is 1.78. The van der Waals surface area contributed by atoms with Crippen molar-refractivity contribution in [2.24, 2.45) is 11.8 Å². The molecule has 0 spiro atoms. The number of carbonyl (C=O) groups is 2. The molecule has 0 aromatic heterocycles. The van der Waals surface area contributed by atoms with Gasteiger partial charge in [0.1, 0.15) is 5.75 Å². The number of carbonyl (C=O) groups excluding carboxylic acids is 2. The molecule has 8 nitrogen and oxygen atoms in total.